The van der Waals surface area contributed by atoms with Crippen LogP contribution >= 0.6 is 0 Å². The number of nitrogens with one attached hydrogen (secondary N) is 2. The van der Waals surface area contributed by atoms with E-state index in [1.807, 2.05) is 11.0 Å². The molecule has 4 rings (SSSR count). The van der Waals surface area contributed by atoms with Crippen LogP contribution in [0.2, 0.25) is 0 Å². The summed E-state index contributed by atoms with van der Waals surface area (Å²) >= 11 is 0. The van der Waals surface area contributed by atoms with E-state index >= 15 is 0 Å². The zero-order chi connectivity index (χ0) is 18.7. The Balaban J connectivity index is 1.41. The molecule has 2 fully saturated rings. The number of aromatic nitrogens is 1. The van der Waals surface area contributed by atoms with Crippen molar-refractivity contribution in [1.82, 2.24) is 15.2 Å². The second-order valence-corrected chi connectivity index (χ2v) is 7.50. The summed E-state index contributed by atoms with van der Waals surface area (Å²) < 4.78 is 0. The molecule has 3 heterocycles. The van der Waals surface area contributed by atoms with Gasteiger partial charge in [0, 0.05) is 43.3 Å². The van der Waals surface area contributed by atoms with E-state index in [1.54, 1.807) is 36.5 Å². The molecule has 1 spiro atoms. The molecule has 2 aliphatic heterocycles. The lowest BCUT2D eigenvalue weighted by Crippen LogP contribution is -2.44. The van der Waals surface area contributed by atoms with Gasteiger partial charge in [-0.05, 0) is 61.6 Å². The summed E-state index contributed by atoms with van der Waals surface area (Å²) in [6.45, 7) is 3.76. The Morgan fingerprint density at radius 1 is 1.07 bits per heavy atom. The Morgan fingerprint density at radius 3 is 2.59 bits per heavy atom. The number of hydrogen-bond acceptors (Lipinski definition) is 4. The second-order valence-electron chi connectivity index (χ2n) is 7.50. The Hall–Kier alpha value is -2.73. The van der Waals surface area contributed by atoms with Gasteiger partial charge in [-0.1, -0.05) is 6.07 Å². The van der Waals surface area contributed by atoms with Crippen molar-refractivity contribution in [1.29, 1.82) is 0 Å². The van der Waals surface area contributed by atoms with Gasteiger partial charge < -0.3 is 15.5 Å². The van der Waals surface area contributed by atoms with Crippen LogP contribution in [0.15, 0.2) is 48.8 Å². The maximum Gasteiger partial charge on any atom is 0.257 e. The minimum absolute atomic E-state index is 0.0354. The first-order valence-corrected chi connectivity index (χ1v) is 9.47. The van der Waals surface area contributed by atoms with Crippen molar-refractivity contribution in [2.24, 2.45) is 5.41 Å². The van der Waals surface area contributed by atoms with Crippen LogP contribution in [0.4, 0.5) is 5.69 Å². The number of carbonyl (C=O) groups is 2. The largest absolute Gasteiger partial charge is 0.339 e. The highest BCUT2D eigenvalue weighted by molar-refractivity contribution is 6.04. The molecule has 6 nitrogen and oxygen atoms in total. The number of likely N-dealkylation sites (tertiary alicyclic amines) is 1. The smallest absolute Gasteiger partial charge is 0.257 e. The maximum absolute atomic E-state index is 12.9. The van der Waals surface area contributed by atoms with Crippen LogP contribution in [0.1, 0.15) is 40.0 Å². The summed E-state index contributed by atoms with van der Waals surface area (Å²) in [5.74, 6) is -0.199. The third-order valence-electron chi connectivity index (χ3n) is 5.73. The molecule has 1 aromatic heterocycles. The van der Waals surface area contributed by atoms with E-state index in [0.29, 0.717) is 22.2 Å². The van der Waals surface area contributed by atoms with Crippen molar-refractivity contribution < 1.29 is 9.59 Å². The zero-order valence-electron chi connectivity index (χ0n) is 15.3. The molecule has 27 heavy (non-hydrogen) atoms. The maximum atomic E-state index is 12.9. The molecular formula is C21H24N4O2. The fraction of sp³-hybridized carbons (Fsp3) is 0.381. The number of piperidine rings is 1. The highest BCUT2D eigenvalue weighted by Crippen LogP contribution is 2.37. The third-order valence-corrected chi connectivity index (χ3v) is 5.73. The third kappa shape index (κ3) is 3.85. The van der Waals surface area contributed by atoms with Gasteiger partial charge >= 0.3 is 0 Å². The second kappa shape index (κ2) is 7.48. The van der Waals surface area contributed by atoms with Crippen LogP contribution in [0.5, 0.6) is 0 Å². The van der Waals surface area contributed by atoms with Crippen molar-refractivity contribution in [3.8, 4) is 0 Å². The highest BCUT2D eigenvalue weighted by atomic mass is 16.2. The summed E-state index contributed by atoms with van der Waals surface area (Å²) in [6, 6.07) is 10.6. The van der Waals surface area contributed by atoms with E-state index in [2.05, 4.69) is 15.6 Å². The Morgan fingerprint density at radius 2 is 1.89 bits per heavy atom. The minimum Gasteiger partial charge on any atom is -0.339 e. The van der Waals surface area contributed by atoms with E-state index in [0.717, 1.165) is 39.0 Å². The van der Waals surface area contributed by atoms with E-state index in [4.69, 9.17) is 0 Å². The van der Waals surface area contributed by atoms with Crippen molar-refractivity contribution in [3.63, 3.8) is 0 Å². The van der Waals surface area contributed by atoms with Crippen LogP contribution in [-0.4, -0.2) is 47.9 Å². The summed E-state index contributed by atoms with van der Waals surface area (Å²) in [6.07, 6.45) is 6.48. The van der Waals surface area contributed by atoms with Crippen molar-refractivity contribution in [3.05, 3.63) is 59.9 Å². The van der Waals surface area contributed by atoms with Gasteiger partial charge in [-0.25, -0.2) is 0 Å². The summed E-state index contributed by atoms with van der Waals surface area (Å²) in [5, 5.41) is 6.29. The quantitative estimate of drug-likeness (QED) is 0.878. The van der Waals surface area contributed by atoms with E-state index < -0.39 is 0 Å². The lowest BCUT2D eigenvalue weighted by Gasteiger charge is -2.39. The number of anilines is 1. The lowest BCUT2D eigenvalue weighted by atomic mass is 9.78. The Kier molecular flexibility index (Phi) is 4.90. The molecular weight excluding hydrogens is 340 g/mol. The van der Waals surface area contributed by atoms with E-state index in [1.165, 1.54) is 12.6 Å². The zero-order valence-corrected chi connectivity index (χ0v) is 15.3. The SMILES string of the molecule is O=C(Nc1cccc(C(=O)N2CCC3(CCNC3)CC2)c1)c1cccnc1. The van der Waals surface area contributed by atoms with E-state index in [9.17, 15) is 9.59 Å². The molecule has 2 amide bonds. The molecule has 140 valence electrons. The number of carbonyl (C=O) groups excluding carboxylic acids is 2. The van der Waals surface area contributed by atoms with Crippen LogP contribution in [0, 0.1) is 5.41 Å². The van der Waals surface area contributed by atoms with Gasteiger partial charge in [0.1, 0.15) is 0 Å². The standard InChI is InChI=1S/C21H24N4O2/c26-19(17-4-2-9-22-14-17)24-18-5-1-3-16(13-18)20(27)25-11-7-21(8-12-25)6-10-23-15-21/h1-5,9,13-14,23H,6-8,10-12,15H2,(H,24,26). The van der Waals surface area contributed by atoms with Crippen LogP contribution in [0.25, 0.3) is 0 Å². The average molecular weight is 364 g/mol. The molecule has 0 aliphatic carbocycles. The molecule has 2 saturated heterocycles. The van der Waals surface area contributed by atoms with Gasteiger partial charge in [0.25, 0.3) is 11.8 Å². The Labute approximate surface area is 159 Å². The van der Waals surface area contributed by atoms with Crippen molar-refractivity contribution in [2.45, 2.75) is 19.3 Å². The Bertz CT molecular complexity index is 821. The molecule has 2 N–H and O–H groups in total. The van der Waals surface area contributed by atoms with Gasteiger partial charge in [-0.15, -0.1) is 0 Å². The first-order valence-electron chi connectivity index (χ1n) is 9.47. The fourth-order valence-corrected chi connectivity index (χ4v) is 4.02. The number of hydrogen-bond donors (Lipinski definition) is 2. The molecule has 2 aromatic rings. The van der Waals surface area contributed by atoms with Gasteiger partial charge in [0.15, 0.2) is 0 Å². The molecule has 1 aromatic carbocycles. The van der Waals surface area contributed by atoms with Gasteiger partial charge in [-0.2, -0.15) is 0 Å². The summed E-state index contributed by atoms with van der Waals surface area (Å²) in [5.41, 5.74) is 2.10. The molecule has 6 heteroatoms. The molecule has 0 bridgehead atoms. The summed E-state index contributed by atoms with van der Waals surface area (Å²) in [4.78, 5) is 31.1. The predicted octanol–water partition coefficient (Wildman–Crippen LogP) is 2.55. The van der Waals surface area contributed by atoms with Crippen molar-refractivity contribution >= 4 is 17.5 Å². The molecule has 2 aliphatic rings. The number of rotatable bonds is 3. The van der Waals surface area contributed by atoms with E-state index in [-0.39, 0.29) is 11.8 Å². The minimum atomic E-state index is -0.235. The number of benzene rings is 1. The topological polar surface area (TPSA) is 74.3 Å². The van der Waals surface area contributed by atoms with Gasteiger partial charge in [-0.3, -0.25) is 14.6 Å². The normalized spacial score (nSPS) is 18.4. The lowest BCUT2D eigenvalue weighted by molar-refractivity contribution is 0.0607. The number of amides is 2. The first kappa shape index (κ1) is 17.7. The number of pyridine rings is 1. The molecule has 0 saturated carbocycles. The fourth-order valence-electron chi connectivity index (χ4n) is 4.02. The van der Waals surface area contributed by atoms with Crippen LogP contribution in [-0.2, 0) is 0 Å². The number of nitrogens with zero attached hydrogens (tertiary/aromatic N) is 2. The predicted molar refractivity (Wildman–Crippen MR) is 104 cm³/mol. The molecule has 0 atom stereocenters. The van der Waals surface area contributed by atoms with Crippen LogP contribution < -0.4 is 10.6 Å². The molecule has 0 unspecified atom stereocenters. The van der Waals surface area contributed by atoms with Gasteiger partial charge in [0.2, 0.25) is 0 Å². The molecule has 0 radical (unpaired) electrons. The van der Waals surface area contributed by atoms with Crippen LogP contribution in [0.3, 0.4) is 0 Å². The highest BCUT2D eigenvalue weighted by Gasteiger charge is 2.38. The van der Waals surface area contributed by atoms with Gasteiger partial charge in [0.05, 0.1) is 5.56 Å². The van der Waals surface area contributed by atoms with Crippen molar-refractivity contribution in [2.75, 3.05) is 31.5 Å². The monoisotopic (exact) mass is 364 g/mol. The summed E-state index contributed by atoms with van der Waals surface area (Å²) in [7, 11) is 0. The average Bonchev–Trinajstić information content (AvgIpc) is 3.17. The first-order chi connectivity index (χ1) is 13.2.